The molecule has 1 fully saturated rings. The Morgan fingerprint density at radius 3 is 2.93 bits per heavy atom. The van der Waals surface area contributed by atoms with Gasteiger partial charge in [0.1, 0.15) is 0 Å². The highest BCUT2D eigenvalue weighted by atomic mass is 16.5. The third-order valence-electron chi connectivity index (χ3n) is 2.86. The van der Waals surface area contributed by atoms with Crippen LogP contribution in [0.4, 0.5) is 0 Å². The van der Waals surface area contributed by atoms with Gasteiger partial charge < -0.3 is 4.74 Å². The van der Waals surface area contributed by atoms with Crippen molar-refractivity contribution in [3.8, 4) is 11.8 Å². The predicted octanol–water partition coefficient (Wildman–Crippen LogP) is 2.38. The van der Waals surface area contributed by atoms with E-state index in [9.17, 15) is 4.79 Å². The fourth-order valence-electron chi connectivity index (χ4n) is 2.06. The van der Waals surface area contributed by atoms with Gasteiger partial charge in [-0.15, -0.1) is 11.8 Å². The number of carbonyl (C=O) groups excluding carboxylic acids is 1. The number of hydrogen-bond acceptors (Lipinski definition) is 2. The minimum atomic E-state index is -0.287. The zero-order chi connectivity index (χ0) is 10.6. The zero-order valence-electron chi connectivity index (χ0n) is 9.22. The lowest BCUT2D eigenvalue weighted by Crippen LogP contribution is -2.27. The lowest BCUT2D eigenvalue weighted by Gasteiger charge is -2.20. The summed E-state index contributed by atoms with van der Waals surface area (Å²) in [4.78, 5) is 11.6. The van der Waals surface area contributed by atoms with Gasteiger partial charge in [-0.2, -0.15) is 0 Å². The van der Waals surface area contributed by atoms with Crippen LogP contribution in [0.25, 0.3) is 0 Å². The van der Waals surface area contributed by atoms with Crippen LogP contribution in [-0.4, -0.2) is 12.6 Å². The van der Waals surface area contributed by atoms with Gasteiger partial charge >= 0.3 is 5.97 Å². The van der Waals surface area contributed by atoms with Crippen LogP contribution < -0.4 is 0 Å². The molecule has 78 valence electrons. The molecule has 0 heterocycles. The maximum absolute atomic E-state index is 11.6. The monoisotopic (exact) mass is 194 g/mol. The molecule has 0 aliphatic heterocycles. The minimum Gasteiger partial charge on any atom is -0.466 e. The Hall–Kier alpha value is -0.970. The maximum atomic E-state index is 11.6. The van der Waals surface area contributed by atoms with E-state index >= 15 is 0 Å². The van der Waals surface area contributed by atoms with Crippen LogP contribution in [0.5, 0.6) is 0 Å². The fraction of sp³-hybridized carbons (Fsp3) is 0.750. The zero-order valence-corrected chi connectivity index (χ0v) is 9.22. The summed E-state index contributed by atoms with van der Waals surface area (Å²) in [5.74, 6) is 6.38. The van der Waals surface area contributed by atoms with Crippen LogP contribution in [0.2, 0.25) is 0 Å². The molecular formula is C12H18O2. The lowest BCUT2D eigenvalue weighted by molar-refractivity contribution is -0.154. The molecule has 0 aromatic heterocycles. The van der Waals surface area contributed by atoms with Gasteiger partial charge in [-0.05, 0) is 40.0 Å². The minimum absolute atomic E-state index is 0.0552. The normalized spacial score (nSPS) is 30.6. The third kappa shape index (κ3) is 2.29. The van der Waals surface area contributed by atoms with Crippen molar-refractivity contribution in [3.63, 3.8) is 0 Å². The van der Waals surface area contributed by atoms with Crippen LogP contribution in [0.3, 0.4) is 0 Å². The first-order chi connectivity index (χ1) is 6.62. The molecule has 0 amide bonds. The molecule has 2 unspecified atom stereocenters. The molecule has 14 heavy (non-hydrogen) atoms. The highest BCUT2D eigenvalue weighted by Crippen LogP contribution is 2.42. The predicted molar refractivity (Wildman–Crippen MR) is 55.5 cm³/mol. The first-order valence-corrected chi connectivity index (χ1v) is 5.22. The highest BCUT2D eigenvalue weighted by Gasteiger charge is 2.41. The van der Waals surface area contributed by atoms with E-state index in [0.717, 1.165) is 19.3 Å². The standard InChI is InChI=1S/C12H18O2/c1-4-6-10-7-8-12(3,9-10)11(13)14-5-2/h10H,5,7-9H2,1-3H3. The number of esters is 1. The van der Waals surface area contributed by atoms with Gasteiger partial charge in [0.15, 0.2) is 0 Å². The second-order valence-electron chi connectivity index (χ2n) is 4.12. The molecule has 1 saturated carbocycles. The molecule has 1 aliphatic carbocycles. The topological polar surface area (TPSA) is 26.3 Å². The van der Waals surface area contributed by atoms with Gasteiger partial charge in [-0.25, -0.2) is 0 Å². The molecule has 2 nitrogen and oxygen atoms in total. The molecular weight excluding hydrogens is 176 g/mol. The molecule has 0 N–H and O–H groups in total. The van der Waals surface area contributed by atoms with E-state index in [1.54, 1.807) is 0 Å². The Labute approximate surface area is 86.0 Å². The van der Waals surface area contributed by atoms with E-state index in [0.29, 0.717) is 12.5 Å². The van der Waals surface area contributed by atoms with Crippen molar-refractivity contribution < 1.29 is 9.53 Å². The molecule has 1 aliphatic rings. The van der Waals surface area contributed by atoms with Gasteiger partial charge in [0, 0.05) is 5.92 Å². The summed E-state index contributed by atoms with van der Waals surface area (Å²) < 4.78 is 5.07. The molecule has 1 rings (SSSR count). The molecule has 0 radical (unpaired) electrons. The Balaban J connectivity index is 2.59. The van der Waals surface area contributed by atoms with Crippen molar-refractivity contribution in [2.24, 2.45) is 11.3 Å². The summed E-state index contributed by atoms with van der Waals surface area (Å²) in [5, 5.41) is 0. The van der Waals surface area contributed by atoms with Gasteiger partial charge in [-0.3, -0.25) is 4.79 Å². The Morgan fingerprint density at radius 1 is 1.64 bits per heavy atom. The van der Waals surface area contributed by atoms with E-state index < -0.39 is 0 Å². The van der Waals surface area contributed by atoms with E-state index in [-0.39, 0.29) is 11.4 Å². The van der Waals surface area contributed by atoms with Crippen molar-refractivity contribution in [2.45, 2.75) is 40.0 Å². The van der Waals surface area contributed by atoms with Crippen molar-refractivity contribution in [1.29, 1.82) is 0 Å². The van der Waals surface area contributed by atoms with E-state index in [1.807, 2.05) is 20.8 Å². The number of ether oxygens (including phenoxy) is 1. The summed E-state index contributed by atoms with van der Waals surface area (Å²) in [5.41, 5.74) is -0.287. The van der Waals surface area contributed by atoms with Gasteiger partial charge in [0.25, 0.3) is 0 Å². The lowest BCUT2D eigenvalue weighted by atomic mass is 9.88. The summed E-state index contributed by atoms with van der Waals surface area (Å²) in [6.07, 6.45) is 2.79. The molecule has 0 aromatic rings. The van der Waals surface area contributed by atoms with Crippen molar-refractivity contribution in [2.75, 3.05) is 6.61 Å². The average molecular weight is 194 g/mol. The molecule has 2 heteroatoms. The molecule has 0 aromatic carbocycles. The fourth-order valence-corrected chi connectivity index (χ4v) is 2.06. The Bertz CT molecular complexity index is 272. The van der Waals surface area contributed by atoms with E-state index in [4.69, 9.17) is 4.74 Å². The quantitative estimate of drug-likeness (QED) is 0.498. The van der Waals surface area contributed by atoms with Crippen molar-refractivity contribution >= 4 is 5.97 Å². The number of rotatable bonds is 2. The van der Waals surface area contributed by atoms with Gasteiger partial charge in [-0.1, -0.05) is 0 Å². The molecule has 0 bridgehead atoms. The number of hydrogen-bond donors (Lipinski definition) is 0. The summed E-state index contributed by atoms with van der Waals surface area (Å²) >= 11 is 0. The SMILES string of the molecule is CC#CC1CCC(C)(C(=O)OCC)C1. The van der Waals surface area contributed by atoms with Gasteiger partial charge in [0.2, 0.25) is 0 Å². The van der Waals surface area contributed by atoms with Crippen LogP contribution in [-0.2, 0) is 9.53 Å². The Kier molecular flexibility index (Phi) is 3.57. The maximum Gasteiger partial charge on any atom is 0.311 e. The molecule has 0 saturated heterocycles. The van der Waals surface area contributed by atoms with Crippen molar-refractivity contribution in [3.05, 3.63) is 0 Å². The van der Waals surface area contributed by atoms with Crippen LogP contribution in [0.15, 0.2) is 0 Å². The molecule has 2 atom stereocenters. The highest BCUT2D eigenvalue weighted by molar-refractivity contribution is 5.76. The summed E-state index contributed by atoms with van der Waals surface area (Å²) in [6, 6.07) is 0. The second kappa shape index (κ2) is 4.50. The van der Waals surface area contributed by atoms with Gasteiger partial charge in [0.05, 0.1) is 12.0 Å². The third-order valence-corrected chi connectivity index (χ3v) is 2.86. The van der Waals surface area contributed by atoms with Crippen LogP contribution >= 0.6 is 0 Å². The van der Waals surface area contributed by atoms with Crippen molar-refractivity contribution in [1.82, 2.24) is 0 Å². The first kappa shape index (κ1) is 11.1. The Morgan fingerprint density at radius 2 is 2.36 bits per heavy atom. The van der Waals surface area contributed by atoms with Crippen LogP contribution in [0.1, 0.15) is 40.0 Å². The number of carbonyl (C=O) groups is 1. The van der Waals surface area contributed by atoms with E-state index in [2.05, 4.69) is 11.8 Å². The average Bonchev–Trinajstić information content (AvgIpc) is 2.50. The smallest absolute Gasteiger partial charge is 0.311 e. The van der Waals surface area contributed by atoms with Crippen LogP contribution in [0, 0.1) is 23.2 Å². The second-order valence-corrected chi connectivity index (χ2v) is 4.12. The largest absolute Gasteiger partial charge is 0.466 e. The summed E-state index contributed by atoms with van der Waals surface area (Å²) in [6.45, 7) is 6.15. The van der Waals surface area contributed by atoms with E-state index in [1.165, 1.54) is 0 Å². The summed E-state index contributed by atoms with van der Waals surface area (Å²) in [7, 11) is 0. The molecule has 0 spiro atoms. The first-order valence-electron chi connectivity index (χ1n) is 5.22.